The van der Waals surface area contributed by atoms with E-state index in [1.165, 1.54) is 7.11 Å². The van der Waals surface area contributed by atoms with E-state index in [0.717, 1.165) is 6.42 Å². The maximum atomic E-state index is 12.2. The number of amides is 1. The summed E-state index contributed by atoms with van der Waals surface area (Å²) in [5.41, 5.74) is 6.18. The molecule has 1 atom stereocenters. The average molecular weight is 284 g/mol. The number of nitrogens with two attached hydrogens (primary N) is 1. The Morgan fingerprint density at radius 2 is 1.85 bits per heavy atom. The fourth-order valence-electron chi connectivity index (χ4n) is 2.74. The van der Waals surface area contributed by atoms with Gasteiger partial charge in [-0.1, -0.05) is 20.8 Å². The quantitative estimate of drug-likeness (QED) is 0.795. The number of methoxy groups -OCH3 is 1. The van der Waals surface area contributed by atoms with Crippen molar-refractivity contribution in [2.45, 2.75) is 52.5 Å². The molecule has 1 aliphatic heterocycles. The first-order chi connectivity index (χ1) is 9.23. The van der Waals surface area contributed by atoms with Crippen LogP contribution in [0.25, 0.3) is 0 Å². The molecule has 0 bridgehead atoms. The third-order valence-corrected chi connectivity index (χ3v) is 3.69. The highest BCUT2D eigenvalue weighted by molar-refractivity contribution is 5.77. The minimum atomic E-state index is -0.165. The molecule has 1 amide bonds. The van der Waals surface area contributed by atoms with E-state index in [1.807, 2.05) is 4.90 Å². The van der Waals surface area contributed by atoms with Crippen molar-refractivity contribution < 1.29 is 14.3 Å². The molecule has 0 radical (unpaired) electrons. The molecule has 1 saturated heterocycles. The molecule has 1 heterocycles. The summed E-state index contributed by atoms with van der Waals surface area (Å²) in [4.78, 5) is 25.4. The van der Waals surface area contributed by atoms with Gasteiger partial charge in [0.15, 0.2) is 0 Å². The number of carbonyl (C=O) groups is 2. The zero-order valence-electron chi connectivity index (χ0n) is 13.1. The Hall–Kier alpha value is -1.10. The van der Waals surface area contributed by atoms with E-state index < -0.39 is 0 Å². The summed E-state index contributed by atoms with van der Waals surface area (Å²) in [6, 6.07) is -0.0965. The molecule has 0 saturated carbocycles. The molecule has 0 aromatic rings. The first-order valence-corrected chi connectivity index (χ1v) is 7.34. The first kappa shape index (κ1) is 17.0. The van der Waals surface area contributed by atoms with Crippen molar-refractivity contribution in [3.8, 4) is 0 Å². The van der Waals surface area contributed by atoms with Gasteiger partial charge < -0.3 is 15.4 Å². The highest BCUT2D eigenvalue weighted by atomic mass is 16.5. The third-order valence-electron chi connectivity index (χ3n) is 3.69. The van der Waals surface area contributed by atoms with Crippen LogP contribution >= 0.6 is 0 Å². The average Bonchev–Trinajstić information content (AvgIpc) is 2.35. The second-order valence-corrected chi connectivity index (χ2v) is 6.91. The molecule has 1 aliphatic rings. The van der Waals surface area contributed by atoms with E-state index in [1.54, 1.807) is 0 Å². The van der Waals surface area contributed by atoms with Crippen molar-refractivity contribution in [1.82, 2.24) is 4.90 Å². The van der Waals surface area contributed by atoms with Crippen LogP contribution in [0.3, 0.4) is 0 Å². The van der Waals surface area contributed by atoms with Gasteiger partial charge in [-0.2, -0.15) is 0 Å². The van der Waals surface area contributed by atoms with Crippen LogP contribution in [0.5, 0.6) is 0 Å². The number of piperidine rings is 1. The number of esters is 1. The van der Waals surface area contributed by atoms with Gasteiger partial charge in [-0.3, -0.25) is 9.59 Å². The molecule has 1 rings (SSSR count). The lowest BCUT2D eigenvalue weighted by atomic mass is 9.87. The Kier molecular flexibility index (Phi) is 5.99. The van der Waals surface area contributed by atoms with E-state index in [-0.39, 0.29) is 29.3 Å². The van der Waals surface area contributed by atoms with Crippen LogP contribution < -0.4 is 5.73 Å². The van der Waals surface area contributed by atoms with E-state index in [0.29, 0.717) is 32.4 Å². The van der Waals surface area contributed by atoms with Crippen LogP contribution in [-0.4, -0.2) is 43.0 Å². The Bertz CT molecular complexity index is 342. The van der Waals surface area contributed by atoms with Crippen molar-refractivity contribution in [3.63, 3.8) is 0 Å². The molecule has 0 aliphatic carbocycles. The molecule has 20 heavy (non-hydrogen) atoms. The van der Waals surface area contributed by atoms with E-state index in [2.05, 4.69) is 20.8 Å². The molecule has 0 aromatic heterocycles. The monoisotopic (exact) mass is 284 g/mol. The number of nitrogens with zero attached hydrogens (tertiary/aromatic N) is 1. The molecule has 0 aromatic carbocycles. The van der Waals surface area contributed by atoms with Gasteiger partial charge in [0.25, 0.3) is 0 Å². The van der Waals surface area contributed by atoms with Crippen molar-refractivity contribution in [3.05, 3.63) is 0 Å². The van der Waals surface area contributed by atoms with Gasteiger partial charge in [0.1, 0.15) is 0 Å². The molecule has 116 valence electrons. The predicted octanol–water partition coefficient (Wildman–Crippen LogP) is 1.55. The number of likely N-dealkylation sites (tertiary alicyclic amines) is 1. The van der Waals surface area contributed by atoms with Gasteiger partial charge in [0.05, 0.1) is 13.0 Å². The fraction of sp³-hybridized carbons (Fsp3) is 0.867. The molecule has 5 heteroatoms. The summed E-state index contributed by atoms with van der Waals surface area (Å²) in [5.74, 6) is -0.126. The summed E-state index contributed by atoms with van der Waals surface area (Å²) in [6.07, 6.45) is 2.59. The molecular weight excluding hydrogens is 256 g/mol. The molecule has 1 unspecified atom stereocenters. The normalized spacial score (nSPS) is 18.8. The lowest BCUT2D eigenvalue weighted by Crippen LogP contribution is -2.43. The van der Waals surface area contributed by atoms with Crippen LogP contribution in [0.15, 0.2) is 0 Å². The minimum absolute atomic E-state index is 0.0627. The fourth-order valence-corrected chi connectivity index (χ4v) is 2.74. The summed E-state index contributed by atoms with van der Waals surface area (Å²) in [5, 5.41) is 0. The van der Waals surface area contributed by atoms with Crippen LogP contribution in [0.1, 0.15) is 46.5 Å². The minimum Gasteiger partial charge on any atom is -0.469 e. The third kappa shape index (κ3) is 5.49. The Balaban J connectivity index is 2.38. The van der Waals surface area contributed by atoms with Crippen LogP contribution in [0, 0.1) is 11.3 Å². The van der Waals surface area contributed by atoms with Crippen molar-refractivity contribution in [1.29, 1.82) is 0 Å². The molecule has 1 fully saturated rings. The Labute approximate surface area is 121 Å². The summed E-state index contributed by atoms with van der Waals surface area (Å²) in [7, 11) is 1.41. The van der Waals surface area contributed by atoms with E-state index in [4.69, 9.17) is 10.5 Å². The van der Waals surface area contributed by atoms with Crippen LogP contribution in [0.2, 0.25) is 0 Å². The van der Waals surface area contributed by atoms with Gasteiger partial charge >= 0.3 is 5.97 Å². The molecule has 5 nitrogen and oxygen atoms in total. The summed E-state index contributed by atoms with van der Waals surface area (Å²) < 4.78 is 4.74. The SMILES string of the molecule is COC(=O)C1CCN(C(=O)CC(N)CC(C)(C)C)CC1. The second-order valence-electron chi connectivity index (χ2n) is 6.91. The summed E-state index contributed by atoms with van der Waals surface area (Å²) >= 11 is 0. The number of hydrogen-bond donors (Lipinski definition) is 1. The van der Waals surface area contributed by atoms with Crippen molar-refractivity contribution in [2.75, 3.05) is 20.2 Å². The number of hydrogen-bond acceptors (Lipinski definition) is 4. The first-order valence-electron chi connectivity index (χ1n) is 7.34. The maximum Gasteiger partial charge on any atom is 0.308 e. The van der Waals surface area contributed by atoms with Crippen molar-refractivity contribution in [2.24, 2.45) is 17.1 Å². The van der Waals surface area contributed by atoms with Gasteiger partial charge in [-0.25, -0.2) is 0 Å². The zero-order valence-corrected chi connectivity index (χ0v) is 13.1. The Morgan fingerprint density at radius 1 is 1.30 bits per heavy atom. The van der Waals surface area contributed by atoms with E-state index in [9.17, 15) is 9.59 Å². The Morgan fingerprint density at radius 3 is 2.30 bits per heavy atom. The highest BCUT2D eigenvalue weighted by Crippen LogP contribution is 2.23. The summed E-state index contributed by atoms with van der Waals surface area (Å²) in [6.45, 7) is 7.62. The van der Waals surface area contributed by atoms with Gasteiger partial charge in [-0.15, -0.1) is 0 Å². The van der Waals surface area contributed by atoms with Crippen LogP contribution in [0.4, 0.5) is 0 Å². The zero-order chi connectivity index (χ0) is 15.3. The topological polar surface area (TPSA) is 72.6 Å². The molecule has 2 N–H and O–H groups in total. The lowest BCUT2D eigenvalue weighted by Gasteiger charge is -2.32. The highest BCUT2D eigenvalue weighted by Gasteiger charge is 2.28. The molecular formula is C15H28N2O3. The number of carbonyl (C=O) groups excluding carboxylic acids is 2. The standard InChI is InChI=1S/C15H28N2O3/c1-15(2,3)10-12(16)9-13(18)17-7-5-11(6-8-17)14(19)20-4/h11-12H,5-10,16H2,1-4H3. The van der Waals surface area contributed by atoms with Gasteiger partial charge in [-0.05, 0) is 24.7 Å². The van der Waals surface area contributed by atoms with E-state index >= 15 is 0 Å². The maximum absolute atomic E-state index is 12.2. The van der Waals surface area contributed by atoms with Crippen LogP contribution in [-0.2, 0) is 14.3 Å². The number of rotatable bonds is 4. The lowest BCUT2D eigenvalue weighted by molar-refractivity contribution is -0.149. The van der Waals surface area contributed by atoms with Crippen molar-refractivity contribution >= 4 is 11.9 Å². The largest absolute Gasteiger partial charge is 0.469 e. The second kappa shape index (κ2) is 7.07. The predicted molar refractivity (Wildman–Crippen MR) is 78.0 cm³/mol. The number of ether oxygens (including phenoxy) is 1. The van der Waals surface area contributed by atoms with Gasteiger partial charge in [0, 0.05) is 25.6 Å². The molecule has 0 spiro atoms. The van der Waals surface area contributed by atoms with Gasteiger partial charge in [0.2, 0.25) is 5.91 Å². The smallest absolute Gasteiger partial charge is 0.308 e.